The smallest absolute Gasteiger partial charge is 0.191 e. The fourth-order valence-corrected chi connectivity index (χ4v) is 3.02. The Morgan fingerprint density at radius 1 is 1.16 bits per heavy atom. The van der Waals surface area contributed by atoms with Crippen molar-refractivity contribution in [3.63, 3.8) is 0 Å². The third-order valence-electron chi connectivity index (χ3n) is 4.14. The fraction of sp³-hybridized carbons (Fsp3) is 1.00. The summed E-state index contributed by atoms with van der Waals surface area (Å²) in [5.41, 5.74) is 0. The summed E-state index contributed by atoms with van der Waals surface area (Å²) in [6.07, 6.45) is 0.448. The second-order valence-electron chi connectivity index (χ2n) is 7.29. The summed E-state index contributed by atoms with van der Waals surface area (Å²) in [5.74, 6) is -0.602. The third-order valence-corrected chi connectivity index (χ3v) is 8.67. The summed E-state index contributed by atoms with van der Waals surface area (Å²) in [4.78, 5) is 0. The first-order chi connectivity index (χ1) is 8.48. The van der Waals surface area contributed by atoms with Gasteiger partial charge in [0.05, 0.1) is 12.7 Å². The summed E-state index contributed by atoms with van der Waals surface area (Å²) in [5, 5.41) is 9.54. The molecule has 1 rings (SSSR count). The van der Waals surface area contributed by atoms with Crippen LogP contribution in [0.5, 0.6) is 0 Å². The van der Waals surface area contributed by atoms with E-state index in [1.165, 1.54) is 0 Å². The molecule has 1 saturated heterocycles. The first kappa shape index (κ1) is 17.1. The van der Waals surface area contributed by atoms with E-state index in [4.69, 9.17) is 13.9 Å². The second kappa shape index (κ2) is 5.82. The molecule has 0 bridgehead atoms. The molecule has 1 N–H and O–H groups in total. The minimum atomic E-state index is -1.70. The lowest BCUT2D eigenvalue weighted by atomic mass is 10.1. The van der Waals surface area contributed by atoms with E-state index in [2.05, 4.69) is 33.9 Å². The number of rotatable bonds is 5. The highest BCUT2D eigenvalue weighted by molar-refractivity contribution is 6.74. The van der Waals surface area contributed by atoms with Gasteiger partial charge in [-0.2, -0.15) is 0 Å². The molecule has 0 aromatic heterocycles. The van der Waals surface area contributed by atoms with Gasteiger partial charge in [0.2, 0.25) is 0 Å². The van der Waals surface area contributed by atoms with Crippen LogP contribution in [0.2, 0.25) is 18.1 Å². The molecule has 114 valence electrons. The Hall–Kier alpha value is 0.0569. The fourth-order valence-electron chi connectivity index (χ4n) is 1.96. The van der Waals surface area contributed by atoms with Crippen LogP contribution in [0, 0.1) is 0 Å². The Morgan fingerprint density at radius 3 is 2.16 bits per heavy atom. The zero-order chi connectivity index (χ0) is 14.9. The van der Waals surface area contributed by atoms with Crippen LogP contribution in [0.1, 0.15) is 41.0 Å². The van der Waals surface area contributed by atoms with E-state index in [9.17, 15) is 5.11 Å². The van der Waals surface area contributed by atoms with Gasteiger partial charge in [0.1, 0.15) is 6.10 Å². The van der Waals surface area contributed by atoms with E-state index in [-0.39, 0.29) is 23.9 Å². The van der Waals surface area contributed by atoms with Crippen LogP contribution in [0.15, 0.2) is 0 Å². The Labute approximate surface area is 118 Å². The van der Waals surface area contributed by atoms with Gasteiger partial charge < -0.3 is 19.0 Å². The molecule has 1 aliphatic heterocycles. The summed E-state index contributed by atoms with van der Waals surface area (Å²) in [7, 11) is -1.70. The van der Waals surface area contributed by atoms with Crippen molar-refractivity contribution in [1.29, 1.82) is 0 Å². The predicted octanol–water partition coefficient (Wildman–Crippen LogP) is 2.91. The quantitative estimate of drug-likeness (QED) is 0.791. The Balaban J connectivity index is 2.45. The van der Waals surface area contributed by atoms with Crippen molar-refractivity contribution in [1.82, 2.24) is 0 Å². The second-order valence-corrected chi connectivity index (χ2v) is 12.1. The van der Waals surface area contributed by atoms with Crippen LogP contribution in [0.3, 0.4) is 0 Å². The highest BCUT2D eigenvalue weighted by Crippen LogP contribution is 2.37. The van der Waals surface area contributed by atoms with Gasteiger partial charge in [-0.05, 0) is 38.4 Å². The van der Waals surface area contributed by atoms with E-state index in [0.29, 0.717) is 6.61 Å². The summed E-state index contributed by atoms with van der Waals surface area (Å²) >= 11 is 0. The molecule has 0 aliphatic carbocycles. The SMILES string of the molecule is CC1(C)O[C@@H](CCO[Si](C)(C)C(C)(C)C)[C@@H](CO)O1. The maximum absolute atomic E-state index is 9.32. The largest absolute Gasteiger partial charge is 0.417 e. The van der Waals surface area contributed by atoms with Crippen LogP contribution in [0.4, 0.5) is 0 Å². The molecular formula is C14H30O4Si. The van der Waals surface area contributed by atoms with Crippen molar-refractivity contribution >= 4 is 8.32 Å². The van der Waals surface area contributed by atoms with Crippen LogP contribution >= 0.6 is 0 Å². The molecule has 0 aromatic rings. The van der Waals surface area contributed by atoms with Crippen LogP contribution < -0.4 is 0 Å². The molecule has 0 saturated carbocycles. The number of aliphatic hydroxyl groups excluding tert-OH is 1. The van der Waals surface area contributed by atoms with E-state index >= 15 is 0 Å². The molecule has 1 fully saturated rings. The maximum atomic E-state index is 9.32. The van der Waals surface area contributed by atoms with Gasteiger partial charge in [-0.1, -0.05) is 20.8 Å². The van der Waals surface area contributed by atoms with Gasteiger partial charge in [0.25, 0.3) is 0 Å². The maximum Gasteiger partial charge on any atom is 0.191 e. The van der Waals surface area contributed by atoms with E-state index in [0.717, 1.165) is 6.42 Å². The molecule has 0 spiro atoms. The average molecular weight is 290 g/mol. The standard InChI is InChI=1S/C14H30O4Si/c1-13(2,3)19(6,7)16-9-8-11-12(10-15)18-14(4,5)17-11/h11-12,15H,8-10H2,1-7H3/t11-,12+/m0/s1. The van der Waals surface area contributed by atoms with Crippen molar-refractivity contribution in [3.8, 4) is 0 Å². The number of hydrogen-bond acceptors (Lipinski definition) is 4. The Kier molecular flexibility index (Phi) is 5.24. The molecule has 4 nitrogen and oxygen atoms in total. The zero-order valence-electron chi connectivity index (χ0n) is 13.4. The molecule has 5 heteroatoms. The predicted molar refractivity (Wildman–Crippen MR) is 78.7 cm³/mol. The minimum absolute atomic E-state index is 0.00576. The van der Waals surface area contributed by atoms with Crippen LogP contribution in [0.25, 0.3) is 0 Å². The van der Waals surface area contributed by atoms with Gasteiger partial charge in [0, 0.05) is 6.61 Å². The lowest BCUT2D eigenvalue weighted by Crippen LogP contribution is -2.41. The van der Waals surface area contributed by atoms with E-state index < -0.39 is 14.1 Å². The van der Waals surface area contributed by atoms with E-state index in [1.807, 2.05) is 13.8 Å². The molecule has 0 aromatic carbocycles. The van der Waals surface area contributed by atoms with Gasteiger partial charge in [0.15, 0.2) is 14.1 Å². The highest BCUT2D eigenvalue weighted by atomic mass is 28.4. The molecule has 0 unspecified atom stereocenters. The Bertz CT molecular complexity index is 296. The minimum Gasteiger partial charge on any atom is -0.417 e. The van der Waals surface area contributed by atoms with Crippen molar-refractivity contribution in [2.45, 2.75) is 77.2 Å². The molecule has 1 heterocycles. The van der Waals surface area contributed by atoms with Crippen molar-refractivity contribution in [2.24, 2.45) is 0 Å². The number of ether oxygens (including phenoxy) is 2. The summed E-state index contributed by atoms with van der Waals surface area (Å²) in [6.45, 7) is 15.6. The molecule has 19 heavy (non-hydrogen) atoms. The number of aliphatic hydroxyl groups is 1. The molecule has 0 amide bonds. The van der Waals surface area contributed by atoms with Crippen molar-refractivity contribution in [3.05, 3.63) is 0 Å². The molecular weight excluding hydrogens is 260 g/mol. The van der Waals surface area contributed by atoms with Gasteiger partial charge >= 0.3 is 0 Å². The summed E-state index contributed by atoms with van der Waals surface area (Å²) < 4.78 is 17.6. The van der Waals surface area contributed by atoms with Crippen LogP contribution in [-0.2, 0) is 13.9 Å². The van der Waals surface area contributed by atoms with Crippen molar-refractivity contribution in [2.75, 3.05) is 13.2 Å². The van der Waals surface area contributed by atoms with E-state index in [1.54, 1.807) is 0 Å². The normalized spacial score (nSPS) is 27.8. The average Bonchev–Trinajstić information content (AvgIpc) is 2.51. The number of hydrogen-bond donors (Lipinski definition) is 1. The molecule has 2 atom stereocenters. The Morgan fingerprint density at radius 2 is 1.68 bits per heavy atom. The lowest BCUT2D eigenvalue weighted by molar-refractivity contribution is -0.149. The summed E-state index contributed by atoms with van der Waals surface area (Å²) in [6, 6.07) is 0. The molecule has 1 aliphatic rings. The van der Waals surface area contributed by atoms with Crippen molar-refractivity contribution < 1.29 is 19.0 Å². The first-order valence-corrected chi connectivity index (χ1v) is 10.00. The van der Waals surface area contributed by atoms with Crippen LogP contribution in [-0.4, -0.2) is 44.6 Å². The third kappa shape index (κ3) is 4.53. The van der Waals surface area contributed by atoms with Gasteiger partial charge in [-0.15, -0.1) is 0 Å². The monoisotopic (exact) mass is 290 g/mol. The zero-order valence-corrected chi connectivity index (χ0v) is 14.4. The van der Waals surface area contributed by atoms with Gasteiger partial charge in [-0.25, -0.2) is 0 Å². The topological polar surface area (TPSA) is 47.9 Å². The lowest BCUT2D eigenvalue weighted by Gasteiger charge is -2.36. The first-order valence-electron chi connectivity index (χ1n) is 7.09. The highest BCUT2D eigenvalue weighted by Gasteiger charge is 2.41. The van der Waals surface area contributed by atoms with Gasteiger partial charge in [-0.3, -0.25) is 0 Å². The molecule has 0 radical (unpaired) electrons.